The third-order valence-corrected chi connectivity index (χ3v) is 3.19. The van der Waals surface area contributed by atoms with E-state index in [1.807, 2.05) is 24.3 Å². The van der Waals surface area contributed by atoms with E-state index in [4.69, 9.17) is 17.3 Å². The largest absolute Gasteiger partial charge is 0.384 e. The van der Waals surface area contributed by atoms with Gasteiger partial charge in [-0.3, -0.25) is 0 Å². The number of hydrogen-bond acceptors (Lipinski definition) is 3. The Morgan fingerprint density at radius 1 is 1.18 bits per heavy atom. The fourth-order valence-electron chi connectivity index (χ4n) is 1.82. The standard InChI is InChI=1S/C13H12ClN3/c14-10-4-2-1-3-9(10)11-7-12(15)17-13(16-11)8-5-6-8/h1-4,7-8H,5-6H2,(H2,15,16,17). The summed E-state index contributed by atoms with van der Waals surface area (Å²) < 4.78 is 0. The number of nitrogens with two attached hydrogens (primary N) is 1. The molecular weight excluding hydrogens is 234 g/mol. The number of halogens is 1. The number of rotatable bonds is 2. The van der Waals surface area contributed by atoms with Gasteiger partial charge in [0.1, 0.15) is 11.6 Å². The molecule has 1 heterocycles. The molecule has 1 fully saturated rings. The summed E-state index contributed by atoms with van der Waals surface area (Å²) in [5.74, 6) is 1.84. The normalized spacial score (nSPS) is 14.9. The fraction of sp³-hybridized carbons (Fsp3) is 0.231. The lowest BCUT2D eigenvalue weighted by molar-refractivity contribution is 0.936. The van der Waals surface area contributed by atoms with Crippen molar-refractivity contribution in [3.05, 3.63) is 41.2 Å². The average Bonchev–Trinajstić information content (AvgIpc) is 3.12. The molecular formula is C13H12ClN3. The highest BCUT2D eigenvalue weighted by Gasteiger charge is 2.27. The van der Waals surface area contributed by atoms with Crippen LogP contribution in [0.2, 0.25) is 5.02 Å². The monoisotopic (exact) mass is 245 g/mol. The molecule has 4 heteroatoms. The minimum atomic E-state index is 0.486. The predicted octanol–water partition coefficient (Wildman–Crippen LogP) is 3.26. The van der Waals surface area contributed by atoms with Crippen LogP contribution in [0, 0.1) is 0 Å². The molecule has 3 rings (SSSR count). The number of benzene rings is 1. The van der Waals surface area contributed by atoms with Crippen molar-refractivity contribution in [2.45, 2.75) is 18.8 Å². The smallest absolute Gasteiger partial charge is 0.134 e. The zero-order valence-electron chi connectivity index (χ0n) is 9.23. The van der Waals surface area contributed by atoms with Crippen molar-refractivity contribution in [3.63, 3.8) is 0 Å². The van der Waals surface area contributed by atoms with Crippen LogP contribution in [0.15, 0.2) is 30.3 Å². The first-order valence-electron chi connectivity index (χ1n) is 5.63. The van der Waals surface area contributed by atoms with Crippen molar-refractivity contribution in [2.75, 3.05) is 5.73 Å². The van der Waals surface area contributed by atoms with Gasteiger partial charge in [0.25, 0.3) is 0 Å². The van der Waals surface area contributed by atoms with E-state index in [-0.39, 0.29) is 0 Å². The molecule has 1 aromatic heterocycles. The van der Waals surface area contributed by atoms with Crippen molar-refractivity contribution < 1.29 is 0 Å². The number of hydrogen-bond donors (Lipinski definition) is 1. The van der Waals surface area contributed by atoms with E-state index >= 15 is 0 Å². The second-order valence-corrected chi connectivity index (χ2v) is 4.70. The lowest BCUT2D eigenvalue weighted by atomic mass is 10.1. The van der Waals surface area contributed by atoms with Gasteiger partial charge >= 0.3 is 0 Å². The van der Waals surface area contributed by atoms with Gasteiger partial charge in [0.05, 0.1) is 5.69 Å². The van der Waals surface area contributed by atoms with Crippen molar-refractivity contribution in [1.29, 1.82) is 0 Å². The highest BCUT2D eigenvalue weighted by Crippen LogP contribution is 2.39. The molecule has 86 valence electrons. The minimum Gasteiger partial charge on any atom is -0.384 e. The van der Waals surface area contributed by atoms with Gasteiger partial charge in [0, 0.05) is 22.6 Å². The van der Waals surface area contributed by atoms with Crippen LogP contribution < -0.4 is 5.73 Å². The summed E-state index contributed by atoms with van der Waals surface area (Å²) >= 11 is 6.16. The Morgan fingerprint density at radius 2 is 1.94 bits per heavy atom. The first-order chi connectivity index (χ1) is 8.24. The highest BCUT2D eigenvalue weighted by molar-refractivity contribution is 6.33. The Kier molecular flexibility index (Phi) is 2.48. The Bertz CT molecular complexity index is 564. The number of aromatic nitrogens is 2. The van der Waals surface area contributed by atoms with E-state index in [0.29, 0.717) is 16.8 Å². The molecule has 0 aliphatic heterocycles. The van der Waals surface area contributed by atoms with E-state index in [0.717, 1.165) is 29.9 Å². The summed E-state index contributed by atoms with van der Waals surface area (Å²) in [6.45, 7) is 0. The van der Waals surface area contributed by atoms with Crippen molar-refractivity contribution in [3.8, 4) is 11.3 Å². The second kappa shape index (κ2) is 4.00. The Morgan fingerprint density at radius 3 is 2.65 bits per heavy atom. The summed E-state index contributed by atoms with van der Waals surface area (Å²) in [4.78, 5) is 8.83. The Balaban J connectivity index is 2.11. The van der Waals surface area contributed by atoms with Crippen molar-refractivity contribution in [1.82, 2.24) is 9.97 Å². The van der Waals surface area contributed by atoms with Gasteiger partial charge in [-0.2, -0.15) is 0 Å². The minimum absolute atomic E-state index is 0.486. The molecule has 2 aromatic rings. The van der Waals surface area contributed by atoms with Crippen LogP contribution >= 0.6 is 11.6 Å². The van der Waals surface area contributed by atoms with Gasteiger partial charge in [-0.1, -0.05) is 29.8 Å². The molecule has 1 aliphatic carbocycles. The predicted molar refractivity (Wildman–Crippen MR) is 68.9 cm³/mol. The maximum atomic E-state index is 6.16. The first-order valence-corrected chi connectivity index (χ1v) is 6.01. The SMILES string of the molecule is Nc1cc(-c2ccccc2Cl)nc(C2CC2)n1. The molecule has 0 unspecified atom stereocenters. The number of nitrogens with zero attached hydrogens (tertiary/aromatic N) is 2. The van der Waals surface area contributed by atoms with Crippen LogP contribution in [0.25, 0.3) is 11.3 Å². The van der Waals surface area contributed by atoms with Gasteiger partial charge in [0.15, 0.2) is 0 Å². The third-order valence-electron chi connectivity index (χ3n) is 2.86. The topological polar surface area (TPSA) is 51.8 Å². The molecule has 1 saturated carbocycles. The molecule has 17 heavy (non-hydrogen) atoms. The molecule has 0 amide bonds. The van der Waals surface area contributed by atoms with E-state index in [2.05, 4.69) is 9.97 Å². The van der Waals surface area contributed by atoms with Crippen LogP contribution in [0.5, 0.6) is 0 Å². The highest BCUT2D eigenvalue weighted by atomic mass is 35.5. The summed E-state index contributed by atoms with van der Waals surface area (Å²) in [6.07, 6.45) is 2.32. The summed E-state index contributed by atoms with van der Waals surface area (Å²) in [6, 6.07) is 9.41. The molecule has 2 N–H and O–H groups in total. The number of nitrogen functional groups attached to an aromatic ring is 1. The quantitative estimate of drug-likeness (QED) is 0.884. The Hall–Kier alpha value is -1.61. The van der Waals surface area contributed by atoms with Gasteiger partial charge in [-0.25, -0.2) is 9.97 Å². The van der Waals surface area contributed by atoms with E-state index in [9.17, 15) is 0 Å². The van der Waals surface area contributed by atoms with Crippen molar-refractivity contribution >= 4 is 17.4 Å². The molecule has 1 aliphatic rings. The molecule has 0 spiro atoms. The average molecular weight is 246 g/mol. The molecule has 0 saturated heterocycles. The Labute approximate surface area is 105 Å². The molecule has 0 atom stereocenters. The molecule has 3 nitrogen and oxygen atoms in total. The summed E-state index contributed by atoms with van der Waals surface area (Å²) in [5, 5.41) is 0.687. The van der Waals surface area contributed by atoms with Crippen LogP contribution in [0.3, 0.4) is 0 Å². The van der Waals surface area contributed by atoms with Crippen LogP contribution in [0.4, 0.5) is 5.82 Å². The van der Waals surface area contributed by atoms with Gasteiger partial charge < -0.3 is 5.73 Å². The lowest BCUT2D eigenvalue weighted by Crippen LogP contribution is -2.00. The molecule has 0 bridgehead atoms. The number of anilines is 1. The van der Waals surface area contributed by atoms with Gasteiger partial charge in [0.2, 0.25) is 0 Å². The maximum absolute atomic E-state index is 6.16. The van der Waals surface area contributed by atoms with E-state index in [1.54, 1.807) is 6.07 Å². The van der Waals surface area contributed by atoms with Gasteiger partial charge in [-0.05, 0) is 18.9 Å². The fourth-order valence-corrected chi connectivity index (χ4v) is 2.05. The molecule has 1 aromatic carbocycles. The zero-order chi connectivity index (χ0) is 11.8. The van der Waals surface area contributed by atoms with Crippen molar-refractivity contribution in [2.24, 2.45) is 0 Å². The summed E-state index contributed by atoms with van der Waals surface area (Å²) in [7, 11) is 0. The second-order valence-electron chi connectivity index (χ2n) is 4.29. The maximum Gasteiger partial charge on any atom is 0.134 e. The van der Waals surface area contributed by atoms with E-state index in [1.165, 1.54) is 0 Å². The van der Waals surface area contributed by atoms with Crippen LogP contribution in [-0.2, 0) is 0 Å². The lowest BCUT2D eigenvalue weighted by Gasteiger charge is -2.06. The molecule has 0 radical (unpaired) electrons. The summed E-state index contributed by atoms with van der Waals surface area (Å²) in [5.41, 5.74) is 7.54. The van der Waals surface area contributed by atoms with E-state index < -0.39 is 0 Å². The van der Waals surface area contributed by atoms with Gasteiger partial charge in [-0.15, -0.1) is 0 Å². The zero-order valence-corrected chi connectivity index (χ0v) is 9.98. The van der Waals surface area contributed by atoms with Crippen LogP contribution in [0.1, 0.15) is 24.6 Å². The van der Waals surface area contributed by atoms with Crippen LogP contribution in [-0.4, -0.2) is 9.97 Å². The third kappa shape index (κ3) is 2.11. The first kappa shape index (κ1) is 10.5.